The van der Waals surface area contributed by atoms with Crippen LogP contribution in [0.2, 0.25) is 0 Å². The topological polar surface area (TPSA) is 77.7 Å². The molecule has 0 saturated carbocycles. The van der Waals surface area contributed by atoms with E-state index in [9.17, 15) is 0 Å². The van der Waals surface area contributed by atoms with Crippen molar-refractivity contribution in [2.45, 2.75) is 6.42 Å². The number of fused-ring (bicyclic) bond motifs is 1. The molecule has 1 saturated heterocycles. The first-order valence-corrected chi connectivity index (χ1v) is 8.39. The first-order valence-electron chi connectivity index (χ1n) is 8.39. The van der Waals surface area contributed by atoms with Gasteiger partial charge >= 0.3 is 0 Å². The zero-order chi connectivity index (χ0) is 17.1. The lowest BCUT2D eigenvalue weighted by Crippen LogP contribution is -2.24. The standard InChI is InChI=1S/C19H18N6/c20-10-15-4-3-8-21-18(15)22-11-14-7-9-25(12-14)19-16-5-1-2-6-17(16)23-13-24-19/h1-6,8,13-14H,7,9,11-12H2,(H,21,22)/t14-/m0/s1. The summed E-state index contributed by atoms with van der Waals surface area (Å²) in [6.45, 7) is 2.70. The van der Waals surface area contributed by atoms with E-state index in [0.717, 1.165) is 42.8 Å². The maximum atomic E-state index is 9.15. The van der Waals surface area contributed by atoms with Gasteiger partial charge in [0, 0.05) is 31.2 Å². The van der Waals surface area contributed by atoms with Crippen LogP contribution in [0.5, 0.6) is 0 Å². The van der Waals surface area contributed by atoms with Crippen LogP contribution in [0, 0.1) is 17.2 Å². The average molecular weight is 330 g/mol. The summed E-state index contributed by atoms with van der Waals surface area (Å²) >= 11 is 0. The minimum atomic E-state index is 0.488. The highest BCUT2D eigenvalue weighted by Crippen LogP contribution is 2.28. The third-order valence-corrected chi connectivity index (χ3v) is 4.59. The van der Waals surface area contributed by atoms with E-state index in [-0.39, 0.29) is 0 Å². The van der Waals surface area contributed by atoms with Crippen LogP contribution in [0.1, 0.15) is 12.0 Å². The monoisotopic (exact) mass is 330 g/mol. The van der Waals surface area contributed by atoms with Gasteiger partial charge in [0.05, 0.1) is 11.1 Å². The van der Waals surface area contributed by atoms with Crippen LogP contribution in [0.3, 0.4) is 0 Å². The lowest BCUT2D eigenvalue weighted by Gasteiger charge is -2.19. The van der Waals surface area contributed by atoms with Crippen molar-refractivity contribution >= 4 is 22.5 Å². The molecule has 2 aromatic heterocycles. The molecule has 0 radical (unpaired) electrons. The van der Waals surface area contributed by atoms with Crippen LogP contribution >= 0.6 is 0 Å². The molecule has 0 spiro atoms. The van der Waals surface area contributed by atoms with Crippen molar-refractivity contribution in [1.82, 2.24) is 15.0 Å². The summed E-state index contributed by atoms with van der Waals surface area (Å²) in [5.41, 5.74) is 1.56. The molecule has 1 aliphatic heterocycles. The number of aromatic nitrogens is 3. The SMILES string of the molecule is N#Cc1cccnc1NC[C@@H]1CCN(c2ncnc3ccccc23)C1. The Balaban J connectivity index is 1.46. The van der Waals surface area contributed by atoms with Gasteiger partial charge in [0.1, 0.15) is 24.0 Å². The highest BCUT2D eigenvalue weighted by molar-refractivity contribution is 5.89. The fourth-order valence-electron chi connectivity index (χ4n) is 3.31. The molecule has 124 valence electrons. The van der Waals surface area contributed by atoms with Crippen molar-refractivity contribution in [3.05, 3.63) is 54.5 Å². The van der Waals surface area contributed by atoms with Crippen molar-refractivity contribution in [1.29, 1.82) is 5.26 Å². The van der Waals surface area contributed by atoms with Gasteiger partial charge in [0.15, 0.2) is 0 Å². The molecule has 0 unspecified atom stereocenters. The predicted octanol–water partition coefficient (Wildman–Crippen LogP) is 2.83. The van der Waals surface area contributed by atoms with E-state index in [1.165, 1.54) is 0 Å². The van der Waals surface area contributed by atoms with Gasteiger partial charge in [0.2, 0.25) is 0 Å². The molecule has 0 bridgehead atoms. The van der Waals surface area contributed by atoms with Crippen LogP contribution in [-0.4, -0.2) is 34.6 Å². The Hall–Kier alpha value is -3.20. The van der Waals surface area contributed by atoms with E-state index < -0.39 is 0 Å². The van der Waals surface area contributed by atoms with E-state index in [1.807, 2.05) is 18.2 Å². The Morgan fingerprint density at radius 2 is 2.08 bits per heavy atom. The van der Waals surface area contributed by atoms with Gasteiger partial charge in [-0.1, -0.05) is 12.1 Å². The summed E-state index contributed by atoms with van der Waals surface area (Å²) in [4.78, 5) is 15.4. The molecule has 0 amide bonds. The van der Waals surface area contributed by atoms with Crippen LogP contribution in [0.15, 0.2) is 48.9 Å². The van der Waals surface area contributed by atoms with Gasteiger partial charge in [-0.15, -0.1) is 0 Å². The van der Waals surface area contributed by atoms with Crippen LogP contribution in [-0.2, 0) is 0 Å². The van der Waals surface area contributed by atoms with E-state index in [1.54, 1.807) is 24.7 Å². The van der Waals surface area contributed by atoms with Gasteiger partial charge in [-0.3, -0.25) is 0 Å². The summed E-state index contributed by atoms with van der Waals surface area (Å²) < 4.78 is 0. The number of nitriles is 1. The molecule has 25 heavy (non-hydrogen) atoms. The smallest absolute Gasteiger partial charge is 0.143 e. The highest BCUT2D eigenvalue weighted by Gasteiger charge is 2.25. The highest BCUT2D eigenvalue weighted by atomic mass is 15.2. The number of anilines is 2. The van der Waals surface area contributed by atoms with Crippen molar-refractivity contribution in [2.75, 3.05) is 29.9 Å². The van der Waals surface area contributed by atoms with Crippen molar-refractivity contribution in [3.8, 4) is 6.07 Å². The number of pyridine rings is 1. The van der Waals surface area contributed by atoms with E-state index >= 15 is 0 Å². The second kappa shape index (κ2) is 6.73. The first kappa shape index (κ1) is 15.3. The summed E-state index contributed by atoms with van der Waals surface area (Å²) in [5, 5.41) is 13.6. The molecule has 1 aliphatic rings. The third kappa shape index (κ3) is 3.09. The van der Waals surface area contributed by atoms with Gasteiger partial charge in [-0.2, -0.15) is 5.26 Å². The van der Waals surface area contributed by atoms with Crippen molar-refractivity contribution in [3.63, 3.8) is 0 Å². The zero-order valence-electron chi connectivity index (χ0n) is 13.8. The van der Waals surface area contributed by atoms with Crippen molar-refractivity contribution < 1.29 is 0 Å². The first-order chi connectivity index (χ1) is 12.3. The van der Waals surface area contributed by atoms with Crippen LogP contribution in [0.25, 0.3) is 10.9 Å². The number of nitrogens with zero attached hydrogens (tertiary/aromatic N) is 5. The van der Waals surface area contributed by atoms with Gasteiger partial charge in [-0.25, -0.2) is 15.0 Å². The zero-order valence-corrected chi connectivity index (χ0v) is 13.8. The molecule has 1 aromatic carbocycles. The van der Waals surface area contributed by atoms with Gasteiger partial charge in [0.25, 0.3) is 0 Å². The largest absolute Gasteiger partial charge is 0.369 e. The molecular weight excluding hydrogens is 312 g/mol. The molecule has 0 aliphatic carbocycles. The number of hydrogen-bond donors (Lipinski definition) is 1. The number of para-hydroxylation sites is 1. The number of rotatable bonds is 4. The Morgan fingerprint density at radius 1 is 1.16 bits per heavy atom. The molecule has 3 heterocycles. The quantitative estimate of drug-likeness (QED) is 0.792. The maximum Gasteiger partial charge on any atom is 0.143 e. The lowest BCUT2D eigenvalue weighted by molar-refractivity contribution is 0.621. The summed E-state index contributed by atoms with van der Waals surface area (Å²) in [7, 11) is 0. The molecule has 4 rings (SSSR count). The third-order valence-electron chi connectivity index (χ3n) is 4.59. The second-order valence-electron chi connectivity index (χ2n) is 6.21. The maximum absolute atomic E-state index is 9.15. The molecule has 1 N–H and O–H groups in total. The van der Waals surface area contributed by atoms with Gasteiger partial charge < -0.3 is 10.2 Å². The number of hydrogen-bond acceptors (Lipinski definition) is 6. The van der Waals surface area contributed by atoms with Gasteiger partial charge in [-0.05, 0) is 36.6 Å². The molecule has 6 heteroatoms. The Bertz CT molecular complexity index is 927. The summed E-state index contributed by atoms with van der Waals surface area (Å²) in [6, 6.07) is 13.8. The van der Waals surface area contributed by atoms with E-state index in [0.29, 0.717) is 17.3 Å². The number of nitrogens with one attached hydrogen (secondary N) is 1. The molecule has 1 atom stereocenters. The lowest BCUT2D eigenvalue weighted by atomic mass is 10.1. The van der Waals surface area contributed by atoms with Crippen LogP contribution < -0.4 is 10.2 Å². The summed E-state index contributed by atoms with van der Waals surface area (Å²) in [6.07, 6.45) is 4.42. The van der Waals surface area contributed by atoms with E-state index in [2.05, 4.69) is 37.3 Å². The second-order valence-corrected chi connectivity index (χ2v) is 6.21. The minimum absolute atomic E-state index is 0.488. The molecule has 6 nitrogen and oxygen atoms in total. The summed E-state index contributed by atoms with van der Waals surface area (Å²) in [5.74, 6) is 2.15. The fourth-order valence-corrected chi connectivity index (χ4v) is 3.31. The Kier molecular flexibility index (Phi) is 4.13. The molecular formula is C19H18N6. The fraction of sp³-hybridized carbons (Fsp3) is 0.263. The molecule has 3 aromatic rings. The number of benzene rings is 1. The molecule has 1 fully saturated rings. The van der Waals surface area contributed by atoms with Crippen LogP contribution in [0.4, 0.5) is 11.6 Å². The Morgan fingerprint density at radius 3 is 3.00 bits per heavy atom. The van der Waals surface area contributed by atoms with Crippen molar-refractivity contribution in [2.24, 2.45) is 5.92 Å². The average Bonchev–Trinajstić information content (AvgIpc) is 3.15. The van der Waals surface area contributed by atoms with E-state index in [4.69, 9.17) is 5.26 Å². The minimum Gasteiger partial charge on any atom is -0.369 e. The Labute approximate surface area is 146 Å². The normalized spacial score (nSPS) is 16.8. The predicted molar refractivity (Wildman–Crippen MR) is 97.3 cm³/mol.